The number of hydrogen-bond acceptors (Lipinski definition) is 8. The van der Waals surface area contributed by atoms with Gasteiger partial charge in [-0.2, -0.15) is 0 Å². The molecule has 0 unspecified atom stereocenters. The zero-order chi connectivity index (χ0) is 25.8. The molecule has 35 heavy (non-hydrogen) atoms. The van der Waals surface area contributed by atoms with Crippen molar-refractivity contribution in [3.8, 4) is 17.2 Å². The highest BCUT2D eigenvalue weighted by Gasteiger charge is 2.50. The topological polar surface area (TPSA) is 139 Å². The number of halogens is 3. The van der Waals surface area contributed by atoms with E-state index in [1.807, 2.05) is 0 Å². The SMILES string of the molecule is CS(=O)(=O)N1CCC(C(=O)NO)(c2ccc(Oc3ccc(OC(F)(F)F)c4c3S4(=O)=O)cc2)CC1. The molecule has 0 bridgehead atoms. The van der Waals surface area contributed by atoms with Crippen molar-refractivity contribution >= 4 is 25.8 Å². The summed E-state index contributed by atoms with van der Waals surface area (Å²) >= 11 is 0. The van der Waals surface area contributed by atoms with Gasteiger partial charge in [-0.15, -0.1) is 13.2 Å². The number of hydroxylamine groups is 1. The predicted octanol–water partition coefficient (Wildman–Crippen LogP) is 2.32. The maximum Gasteiger partial charge on any atom is 0.573 e. The highest BCUT2D eigenvalue weighted by Crippen LogP contribution is 2.54. The third-order valence-electron chi connectivity index (χ3n) is 5.98. The van der Waals surface area contributed by atoms with E-state index in [0.29, 0.717) is 5.56 Å². The molecule has 2 aliphatic heterocycles. The van der Waals surface area contributed by atoms with Crippen molar-refractivity contribution in [2.75, 3.05) is 19.3 Å². The van der Waals surface area contributed by atoms with Gasteiger partial charge in [0.2, 0.25) is 19.9 Å². The number of alkyl halides is 3. The van der Waals surface area contributed by atoms with Crippen LogP contribution in [-0.4, -0.2) is 58.0 Å². The first-order valence-electron chi connectivity index (χ1n) is 10.0. The van der Waals surface area contributed by atoms with Gasteiger partial charge in [0, 0.05) is 13.1 Å². The van der Waals surface area contributed by atoms with E-state index in [1.165, 1.54) is 28.6 Å². The minimum atomic E-state index is -5.06. The number of piperidine rings is 1. The van der Waals surface area contributed by atoms with Crippen molar-refractivity contribution < 1.29 is 49.5 Å². The van der Waals surface area contributed by atoms with Gasteiger partial charge >= 0.3 is 6.36 Å². The third kappa shape index (κ3) is 4.68. The Morgan fingerprint density at radius 1 is 1.06 bits per heavy atom. The molecule has 2 N–H and O–H groups in total. The first-order valence-corrected chi connectivity index (χ1v) is 13.4. The summed E-state index contributed by atoms with van der Waals surface area (Å²) in [7, 11) is -7.54. The fourth-order valence-corrected chi connectivity index (χ4v) is 6.58. The Labute approximate surface area is 198 Å². The lowest BCUT2D eigenvalue weighted by atomic mass is 9.72. The molecule has 4 rings (SSSR count). The molecular weight excluding hydrogens is 517 g/mol. The minimum Gasteiger partial charge on any atom is -0.456 e. The number of nitrogens with one attached hydrogen (secondary N) is 1. The summed E-state index contributed by atoms with van der Waals surface area (Å²) in [6.45, 7) is 0.113. The van der Waals surface area contributed by atoms with Gasteiger partial charge in [0.1, 0.15) is 27.0 Å². The monoisotopic (exact) mass is 536 g/mol. The maximum atomic E-state index is 12.6. The van der Waals surface area contributed by atoms with Crippen LogP contribution in [-0.2, 0) is 30.1 Å². The molecule has 2 aliphatic rings. The summed E-state index contributed by atoms with van der Waals surface area (Å²) in [4.78, 5) is 11.5. The summed E-state index contributed by atoms with van der Waals surface area (Å²) in [5, 5.41) is 9.27. The van der Waals surface area contributed by atoms with Crippen molar-refractivity contribution in [3.63, 3.8) is 0 Å². The Hall–Kier alpha value is -2.88. The number of rotatable bonds is 6. The van der Waals surface area contributed by atoms with Gasteiger partial charge in [-0.25, -0.2) is 26.6 Å². The molecule has 0 spiro atoms. The Balaban J connectivity index is 1.57. The van der Waals surface area contributed by atoms with E-state index >= 15 is 0 Å². The Morgan fingerprint density at radius 2 is 1.60 bits per heavy atom. The molecule has 10 nitrogen and oxygen atoms in total. The fraction of sp³-hybridized carbons (Fsp3) is 0.350. The molecule has 15 heteroatoms. The van der Waals surface area contributed by atoms with Gasteiger partial charge < -0.3 is 9.47 Å². The lowest BCUT2D eigenvalue weighted by Gasteiger charge is -2.39. The lowest BCUT2D eigenvalue weighted by Crippen LogP contribution is -2.52. The smallest absolute Gasteiger partial charge is 0.456 e. The van der Waals surface area contributed by atoms with Crippen molar-refractivity contribution in [2.24, 2.45) is 0 Å². The average molecular weight is 537 g/mol. The number of nitrogens with zero attached hydrogens (tertiary/aromatic N) is 1. The Morgan fingerprint density at radius 3 is 2.11 bits per heavy atom. The quantitative estimate of drug-likeness (QED) is 0.278. The molecule has 2 heterocycles. The summed E-state index contributed by atoms with van der Waals surface area (Å²) in [6.07, 6.45) is -3.80. The van der Waals surface area contributed by atoms with E-state index < -0.39 is 53.1 Å². The molecule has 0 atom stereocenters. The van der Waals surface area contributed by atoms with Gasteiger partial charge in [-0.3, -0.25) is 10.0 Å². The zero-order valence-corrected chi connectivity index (χ0v) is 19.6. The fourth-order valence-electron chi connectivity index (χ4n) is 4.19. The van der Waals surface area contributed by atoms with Gasteiger partial charge in [-0.1, -0.05) is 12.1 Å². The number of benzene rings is 2. The van der Waals surface area contributed by atoms with E-state index in [-0.39, 0.29) is 37.4 Å². The second-order valence-corrected chi connectivity index (χ2v) is 11.9. The minimum absolute atomic E-state index is 0.0564. The molecule has 1 amide bonds. The van der Waals surface area contributed by atoms with Crippen molar-refractivity contribution in [2.45, 2.75) is 34.4 Å². The van der Waals surface area contributed by atoms with Crippen LogP contribution in [0.1, 0.15) is 18.4 Å². The van der Waals surface area contributed by atoms with Crippen molar-refractivity contribution in [3.05, 3.63) is 42.0 Å². The number of sulfone groups is 1. The summed E-state index contributed by atoms with van der Waals surface area (Å²) < 4.78 is 95.9. The molecule has 1 saturated heterocycles. The number of ether oxygens (including phenoxy) is 2. The molecule has 190 valence electrons. The normalized spacial score (nSPS) is 18.9. The van der Waals surface area contributed by atoms with Crippen LogP contribution in [0, 0.1) is 0 Å². The van der Waals surface area contributed by atoms with Crippen LogP contribution in [0.3, 0.4) is 0 Å². The molecular formula is C20H19F3N2O8S2. The third-order valence-corrected chi connectivity index (χ3v) is 8.96. The van der Waals surface area contributed by atoms with E-state index in [0.717, 1.165) is 18.4 Å². The van der Waals surface area contributed by atoms with Crippen LogP contribution in [0.4, 0.5) is 13.2 Å². The second kappa shape index (κ2) is 8.36. The predicted molar refractivity (Wildman–Crippen MR) is 112 cm³/mol. The van der Waals surface area contributed by atoms with Gasteiger partial charge in [0.15, 0.2) is 0 Å². The van der Waals surface area contributed by atoms with Gasteiger partial charge in [0.25, 0.3) is 5.91 Å². The van der Waals surface area contributed by atoms with Crippen LogP contribution >= 0.6 is 0 Å². The van der Waals surface area contributed by atoms with Crippen LogP contribution in [0.25, 0.3) is 0 Å². The molecule has 0 saturated carbocycles. The first kappa shape index (κ1) is 25.2. The number of amides is 1. The zero-order valence-electron chi connectivity index (χ0n) is 18.0. The number of sulfonamides is 1. The van der Waals surface area contributed by atoms with E-state index in [4.69, 9.17) is 4.74 Å². The summed E-state index contributed by atoms with van der Waals surface area (Å²) in [5.41, 5.74) is 0.869. The maximum absolute atomic E-state index is 12.6. The highest BCUT2D eigenvalue weighted by atomic mass is 32.2. The molecule has 2 aromatic carbocycles. The number of carbonyl (C=O) groups is 1. The Kier molecular flexibility index (Phi) is 6.02. The van der Waals surface area contributed by atoms with E-state index in [2.05, 4.69) is 4.74 Å². The number of hydrogen-bond donors (Lipinski definition) is 2. The van der Waals surface area contributed by atoms with Crippen LogP contribution in [0.2, 0.25) is 0 Å². The van der Waals surface area contributed by atoms with Crippen LogP contribution < -0.4 is 15.0 Å². The molecule has 1 fully saturated rings. The second-order valence-electron chi connectivity index (χ2n) is 8.08. The Bertz CT molecular complexity index is 1380. The average Bonchev–Trinajstić information content (AvgIpc) is 3.36. The van der Waals surface area contributed by atoms with Gasteiger partial charge in [0.05, 0.1) is 11.7 Å². The molecule has 0 radical (unpaired) electrons. The van der Waals surface area contributed by atoms with E-state index in [1.54, 1.807) is 5.48 Å². The largest absolute Gasteiger partial charge is 0.573 e. The highest BCUT2D eigenvalue weighted by molar-refractivity contribution is 7.97. The number of carbonyl (C=O) groups excluding carboxylic acids is 1. The summed E-state index contributed by atoms with van der Waals surface area (Å²) in [5.74, 6) is -1.61. The van der Waals surface area contributed by atoms with Crippen molar-refractivity contribution in [1.82, 2.24) is 9.79 Å². The van der Waals surface area contributed by atoms with Crippen molar-refractivity contribution in [1.29, 1.82) is 0 Å². The standard InChI is InChI=1S/C20H19F3N2O8S2/c1-34(28,29)25-10-8-19(9-11-25,18(26)24-27)12-2-4-13(5-3-12)32-14-6-7-15(33-20(21,22)23)17-16(14)35(17,30)31/h2-7,27H,8-11H2,1H3,(H,24,26). The van der Waals surface area contributed by atoms with Crippen LogP contribution in [0.5, 0.6) is 17.2 Å². The lowest BCUT2D eigenvalue weighted by molar-refractivity contribution is -0.275. The van der Waals surface area contributed by atoms with E-state index in [9.17, 15) is 40.0 Å². The van der Waals surface area contributed by atoms with Crippen LogP contribution in [0.15, 0.2) is 46.2 Å². The molecule has 0 aromatic heterocycles. The number of fused-ring (bicyclic) bond motifs is 1. The summed E-state index contributed by atoms with van der Waals surface area (Å²) in [6, 6.07) is 7.75. The first-order chi connectivity index (χ1) is 16.2. The molecule has 0 aliphatic carbocycles. The van der Waals surface area contributed by atoms with Gasteiger partial charge in [-0.05, 0) is 42.7 Å². The molecule has 2 aromatic rings.